The number of nitrogens with zero attached hydrogens (tertiary/aromatic N) is 2. The van der Waals surface area contributed by atoms with Gasteiger partial charge in [-0.1, -0.05) is 6.92 Å². The summed E-state index contributed by atoms with van der Waals surface area (Å²) >= 11 is 0. The molecule has 10 nitrogen and oxygen atoms in total. The molecule has 0 spiro atoms. The van der Waals surface area contributed by atoms with Gasteiger partial charge in [-0.05, 0) is 43.0 Å². The lowest BCUT2D eigenvalue weighted by Crippen LogP contribution is -2.34. The second-order valence-electron chi connectivity index (χ2n) is 7.90. The number of carbonyl (C=O) groups excluding carboxylic acids is 1. The van der Waals surface area contributed by atoms with Crippen LogP contribution in [0.15, 0.2) is 36.4 Å². The number of nitro benzene ring substituents is 1. The van der Waals surface area contributed by atoms with Crippen LogP contribution in [0.2, 0.25) is 0 Å². The van der Waals surface area contributed by atoms with Crippen molar-refractivity contribution < 1.29 is 22.9 Å². The Kier molecular flexibility index (Phi) is 6.87. The molecule has 0 saturated carbocycles. The molecular weight excluding hydrogens is 436 g/mol. The molecule has 0 aliphatic carbocycles. The van der Waals surface area contributed by atoms with Crippen molar-refractivity contribution in [3.8, 4) is 5.75 Å². The first kappa shape index (κ1) is 23.3. The minimum absolute atomic E-state index is 0.114. The van der Waals surface area contributed by atoms with Crippen molar-refractivity contribution in [2.24, 2.45) is 5.92 Å². The number of benzene rings is 2. The smallest absolute Gasteiger partial charge is 0.293 e. The highest BCUT2D eigenvalue weighted by atomic mass is 32.2. The first-order valence-electron chi connectivity index (χ1n) is 10.1. The summed E-state index contributed by atoms with van der Waals surface area (Å²) < 4.78 is 30.5. The molecule has 0 aromatic heterocycles. The summed E-state index contributed by atoms with van der Waals surface area (Å²) in [6.45, 7) is 3.59. The molecule has 0 bridgehead atoms. The van der Waals surface area contributed by atoms with Crippen molar-refractivity contribution in [1.82, 2.24) is 0 Å². The molecule has 1 amide bonds. The molecule has 1 saturated heterocycles. The fraction of sp³-hybridized carbons (Fsp3) is 0.381. The zero-order valence-electron chi connectivity index (χ0n) is 18.1. The Morgan fingerprint density at radius 3 is 2.62 bits per heavy atom. The molecule has 1 aliphatic heterocycles. The summed E-state index contributed by atoms with van der Waals surface area (Å²) in [4.78, 5) is 26.0. The average molecular weight is 463 g/mol. The lowest BCUT2D eigenvalue weighted by Gasteiger charge is -2.32. The number of sulfonamides is 1. The van der Waals surface area contributed by atoms with E-state index in [0.29, 0.717) is 17.3 Å². The standard InChI is InChI=1S/C21H26N4O6S/c1-14-5-4-10-24(13-14)18-9-6-15(11-19(18)25(27)28)21(26)22-16-7-8-17(20(12-16)31-2)23-32(3,29)30/h6-9,11-12,14,23H,4-5,10,13H2,1-3H3,(H,22,26). The summed E-state index contributed by atoms with van der Waals surface area (Å²) in [5.41, 5.74) is 1.11. The molecular formula is C21H26N4O6S. The Balaban J connectivity index is 1.83. The van der Waals surface area contributed by atoms with Gasteiger partial charge in [-0.2, -0.15) is 0 Å². The molecule has 172 valence electrons. The van der Waals surface area contributed by atoms with Crippen LogP contribution in [0.1, 0.15) is 30.1 Å². The Morgan fingerprint density at radius 2 is 2.00 bits per heavy atom. The maximum atomic E-state index is 12.7. The van der Waals surface area contributed by atoms with E-state index in [-0.39, 0.29) is 22.7 Å². The van der Waals surface area contributed by atoms with E-state index >= 15 is 0 Å². The van der Waals surface area contributed by atoms with Gasteiger partial charge in [0.25, 0.3) is 11.6 Å². The van der Waals surface area contributed by atoms with Gasteiger partial charge in [0.15, 0.2) is 0 Å². The van der Waals surface area contributed by atoms with E-state index in [9.17, 15) is 23.3 Å². The number of amides is 1. The largest absolute Gasteiger partial charge is 0.494 e. The number of ether oxygens (including phenoxy) is 1. The van der Waals surface area contributed by atoms with Gasteiger partial charge in [0.1, 0.15) is 11.4 Å². The van der Waals surface area contributed by atoms with Crippen molar-refractivity contribution in [2.75, 3.05) is 41.4 Å². The first-order chi connectivity index (χ1) is 15.1. The van der Waals surface area contributed by atoms with Crippen molar-refractivity contribution in [2.45, 2.75) is 19.8 Å². The molecule has 1 unspecified atom stereocenters. The van der Waals surface area contributed by atoms with Gasteiger partial charge in [0.05, 0.1) is 24.0 Å². The third-order valence-corrected chi connectivity index (χ3v) is 5.78. The van der Waals surface area contributed by atoms with E-state index in [1.807, 2.05) is 4.90 Å². The average Bonchev–Trinajstić information content (AvgIpc) is 2.73. The van der Waals surface area contributed by atoms with E-state index in [4.69, 9.17) is 4.74 Å². The van der Waals surface area contributed by atoms with Crippen molar-refractivity contribution in [3.63, 3.8) is 0 Å². The van der Waals surface area contributed by atoms with Gasteiger partial charge in [0, 0.05) is 36.5 Å². The second kappa shape index (κ2) is 9.43. The Bertz CT molecular complexity index is 1140. The molecule has 2 aromatic rings. The van der Waals surface area contributed by atoms with Gasteiger partial charge < -0.3 is 15.0 Å². The summed E-state index contributed by atoms with van der Waals surface area (Å²) in [6, 6.07) is 8.88. The van der Waals surface area contributed by atoms with Gasteiger partial charge in [-0.25, -0.2) is 8.42 Å². The predicted octanol–water partition coefficient (Wildman–Crippen LogP) is 3.46. The number of nitro groups is 1. The Morgan fingerprint density at radius 1 is 1.25 bits per heavy atom. The van der Waals surface area contributed by atoms with Crippen LogP contribution in [0, 0.1) is 16.0 Å². The number of nitrogens with one attached hydrogen (secondary N) is 2. The SMILES string of the molecule is COc1cc(NC(=O)c2ccc(N3CCCC(C)C3)c([N+](=O)[O-])c2)ccc1NS(C)(=O)=O. The molecule has 1 fully saturated rings. The molecule has 3 rings (SSSR count). The third-order valence-electron chi connectivity index (χ3n) is 5.19. The van der Waals surface area contributed by atoms with E-state index in [2.05, 4.69) is 17.0 Å². The molecule has 2 aromatic carbocycles. The highest BCUT2D eigenvalue weighted by molar-refractivity contribution is 7.92. The zero-order chi connectivity index (χ0) is 23.5. The molecule has 11 heteroatoms. The fourth-order valence-electron chi connectivity index (χ4n) is 3.74. The maximum absolute atomic E-state index is 12.7. The minimum atomic E-state index is -3.50. The minimum Gasteiger partial charge on any atom is -0.494 e. The highest BCUT2D eigenvalue weighted by Crippen LogP contribution is 2.33. The topological polar surface area (TPSA) is 131 Å². The van der Waals surface area contributed by atoms with Gasteiger partial charge >= 0.3 is 0 Å². The van der Waals surface area contributed by atoms with Crippen molar-refractivity contribution >= 4 is 38.7 Å². The van der Waals surface area contributed by atoms with Crippen molar-refractivity contribution in [1.29, 1.82) is 0 Å². The normalized spacial score (nSPS) is 16.3. The van der Waals surface area contributed by atoms with E-state index in [0.717, 1.165) is 32.2 Å². The number of rotatable bonds is 7. The van der Waals surface area contributed by atoms with Gasteiger partial charge in [-0.3, -0.25) is 19.6 Å². The van der Waals surface area contributed by atoms with Crippen LogP contribution in [0.4, 0.5) is 22.7 Å². The summed E-state index contributed by atoms with van der Waals surface area (Å²) in [6.07, 6.45) is 3.07. The third kappa shape index (κ3) is 5.67. The molecule has 1 atom stereocenters. The van der Waals surface area contributed by atoms with E-state index < -0.39 is 20.9 Å². The Labute approximate surface area is 186 Å². The number of hydrogen-bond acceptors (Lipinski definition) is 7. The van der Waals surface area contributed by atoms with Crippen LogP contribution in [0.5, 0.6) is 5.75 Å². The summed E-state index contributed by atoms with van der Waals surface area (Å²) in [5.74, 6) is 0.132. The lowest BCUT2D eigenvalue weighted by molar-refractivity contribution is -0.384. The van der Waals surface area contributed by atoms with E-state index in [1.165, 1.54) is 31.4 Å². The lowest BCUT2D eigenvalue weighted by atomic mass is 9.99. The summed E-state index contributed by atoms with van der Waals surface area (Å²) in [7, 11) is -2.13. The van der Waals surface area contributed by atoms with Gasteiger partial charge in [0.2, 0.25) is 10.0 Å². The van der Waals surface area contributed by atoms with Crippen LogP contribution in [-0.2, 0) is 10.0 Å². The second-order valence-corrected chi connectivity index (χ2v) is 9.65. The monoisotopic (exact) mass is 462 g/mol. The van der Waals surface area contributed by atoms with Crippen LogP contribution < -0.4 is 19.7 Å². The molecule has 1 heterocycles. The van der Waals surface area contributed by atoms with Crippen LogP contribution in [0.3, 0.4) is 0 Å². The number of methoxy groups -OCH3 is 1. The maximum Gasteiger partial charge on any atom is 0.293 e. The molecule has 0 radical (unpaired) electrons. The van der Waals surface area contributed by atoms with Crippen molar-refractivity contribution in [3.05, 3.63) is 52.1 Å². The highest BCUT2D eigenvalue weighted by Gasteiger charge is 2.25. The van der Waals surface area contributed by atoms with Gasteiger partial charge in [-0.15, -0.1) is 0 Å². The summed E-state index contributed by atoms with van der Waals surface area (Å²) in [5, 5.41) is 14.4. The zero-order valence-corrected chi connectivity index (χ0v) is 18.9. The number of piperidine rings is 1. The van der Waals surface area contributed by atoms with Crippen LogP contribution >= 0.6 is 0 Å². The van der Waals surface area contributed by atoms with Crippen LogP contribution in [0.25, 0.3) is 0 Å². The fourth-order valence-corrected chi connectivity index (χ4v) is 4.31. The number of hydrogen-bond donors (Lipinski definition) is 2. The molecule has 1 aliphatic rings. The van der Waals surface area contributed by atoms with E-state index in [1.54, 1.807) is 12.1 Å². The predicted molar refractivity (Wildman–Crippen MR) is 123 cm³/mol. The quantitative estimate of drug-likeness (QED) is 0.476. The first-order valence-corrected chi connectivity index (χ1v) is 12.0. The molecule has 2 N–H and O–H groups in total. The number of anilines is 3. The number of carbonyl (C=O) groups is 1. The Hall–Kier alpha value is -3.34. The molecule has 32 heavy (non-hydrogen) atoms. The van der Waals surface area contributed by atoms with Crippen LogP contribution in [-0.4, -0.2) is 45.7 Å².